The summed E-state index contributed by atoms with van der Waals surface area (Å²) >= 11 is 0. The molecule has 3 nitrogen and oxygen atoms in total. The highest BCUT2D eigenvalue weighted by atomic mass is 19.1. The maximum Gasteiger partial charge on any atom is 0.143 e. The van der Waals surface area contributed by atoms with Crippen molar-refractivity contribution in [1.82, 2.24) is 5.32 Å². The maximum atomic E-state index is 13.4. The molecule has 1 aliphatic rings. The van der Waals surface area contributed by atoms with Gasteiger partial charge in [-0.25, -0.2) is 4.39 Å². The average Bonchev–Trinajstić information content (AvgIpc) is 2.59. The van der Waals surface area contributed by atoms with Crippen LogP contribution in [0.3, 0.4) is 0 Å². The Balaban J connectivity index is 2.24. The van der Waals surface area contributed by atoms with E-state index in [0.29, 0.717) is 0 Å². The van der Waals surface area contributed by atoms with Gasteiger partial charge in [0.05, 0.1) is 11.8 Å². The zero-order valence-electron chi connectivity index (χ0n) is 11.1. The number of ether oxygens (including phenoxy) is 1. The fraction of sp³-hybridized carbons (Fsp3) is 0.571. The number of benzene rings is 1. The molecule has 1 aliphatic heterocycles. The summed E-state index contributed by atoms with van der Waals surface area (Å²) < 4.78 is 19.2. The third-order valence-corrected chi connectivity index (χ3v) is 2.96. The normalized spacial score (nSPS) is 16.8. The van der Waals surface area contributed by atoms with Crippen LogP contribution >= 0.6 is 0 Å². The molecule has 0 bridgehead atoms. The molecule has 0 aliphatic carbocycles. The van der Waals surface area contributed by atoms with Crippen LogP contribution in [0.15, 0.2) is 18.2 Å². The molecule has 0 aromatic heterocycles. The van der Waals surface area contributed by atoms with Gasteiger partial charge in [-0.05, 0) is 38.9 Å². The van der Waals surface area contributed by atoms with Crippen molar-refractivity contribution in [2.75, 3.05) is 31.1 Å². The summed E-state index contributed by atoms with van der Waals surface area (Å²) in [7, 11) is 0. The minimum absolute atomic E-state index is 0.0966. The summed E-state index contributed by atoms with van der Waals surface area (Å²) in [6.07, 6.45) is 1.16. The fourth-order valence-electron chi connectivity index (χ4n) is 2.18. The molecule has 0 unspecified atom stereocenters. The maximum absolute atomic E-state index is 13.4. The van der Waals surface area contributed by atoms with Crippen molar-refractivity contribution in [3.63, 3.8) is 0 Å². The van der Waals surface area contributed by atoms with Gasteiger partial charge in [-0.15, -0.1) is 0 Å². The van der Waals surface area contributed by atoms with E-state index >= 15 is 0 Å². The second-order valence-corrected chi connectivity index (χ2v) is 4.87. The Hall–Kier alpha value is -1.29. The fourth-order valence-corrected chi connectivity index (χ4v) is 2.18. The van der Waals surface area contributed by atoms with E-state index in [1.807, 2.05) is 13.8 Å². The molecular weight excluding hydrogens is 231 g/mol. The van der Waals surface area contributed by atoms with Gasteiger partial charge in [-0.3, -0.25) is 0 Å². The molecule has 1 fully saturated rings. The molecule has 0 saturated carbocycles. The molecule has 0 spiro atoms. The van der Waals surface area contributed by atoms with Crippen molar-refractivity contribution >= 4 is 5.69 Å². The summed E-state index contributed by atoms with van der Waals surface area (Å²) in [5.41, 5.74) is 0.868. The first-order valence-electron chi connectivity index (χ1n) is 6.58. The van der Waals surface area contributed by atoms with Crippen molar-refractivity contribution in [3.8, 4) is 5.75 Å². The van der Waals surface area contributed by atoms with Gasteiger partial charge in [-0.1, -0.05) is 0 Å². The Bertz CT molecular complexity index is 387. The van der Waals surface area contributed by atoms with Gasteiger partial charge in [0.1, 0.15) is 11.6 Å². The van der Waals surface area contributed by atoms with Gasteiger partial charge in [0.2, 0.25) is 0 Å². The highest BCUT2D eigenvalue weighted by molar-refractivity contribution is 5.59. The number of halogens is 1. The van der Waals surface area contributed by atoms with Gasteiger partial charge in [0, 0.05) is 25.7 Å². The number of hydrogen-bond donors (Lipinski definition) is 1. The molecule has 2 rings (SSSR count). The van der Waals surface area contributed by atoms with E-state index in [0.717, 1.165) is 44.0 Å². The zero-order chi connectivity index (χ0) is 13.0. The Morgan fingerprint density at radius 2 is 2.11 bits per heavy atom. The Morgan fingerprint density at radius 1 is 1.28 bits per heavy atom. The standard InChI is InChI=1S/C14H21FN2O/c1-11(2)18-14-5-4-12(15)10-13(14)17-8-3-6-16-7-9-17/h4-5,10-11,16H,3,6-9H2,1-2H3. The zero-order valence-corrected chi connectivity index (χ0v) is 11.1. The second kappa shape index (κ2) is 6.05. The smallest absolute Gasteiger partial charge is 0.143 e. The molecular formula is C14H21FN2O. The van der Waals surface area contributed by atoms with E-state index in [4.69, 9.17) is 4.74 Å². The van der Waals surface area contributed by atoms with Crippen LogP contribution in [0, 0.1) is 5.82 Å². The lowest BCUT2D eigenvalue weighted by atomic mass is 10.2. The van der Waals surface area contributed by atoms with E-state index in [-0.39, 0.29) is 11.9 Å². The largest absolute Gasteiger partial charge is 0.489 e. The lowest BCUT2D eigenvalue weighted by molar-refractivity contribution is 0.242. The molecule has 18 heavy (non-hydrogen) atoms. The number of hydrogen-bond acceptors (Lipinski definition) is 3. The van der Waals surface area contributed by atoms with Crippen LogP contribution < -0.4 is 15.0 Å². The molecule has 0 atom stereocenters. The van der Waals surface area contributed by atoms with Crippen molar-refractivity contribution in [1.29, 1.82) is 0 Å². The lowest BCUT2D eigenvalue weighted by Gasteiger charge is -2.25. The van der Waals surface area contributed by atoms with Gasteiger partial charge in [0.15, 0.2) is 0 Å². The molecule has 1 aromatic carbocycles. The topological polar surface area (TPSA) is 24.5 Å². The van der Waals surface area contributed by atoms with Gasteiger partial charge >= 0.3 is 0 Å². The highest BCUT2D eigenvalue weighted by Gasteiger charge is 2.15. The molecule has 1 aromatic rings. The van der Waals surface area contributed by atoms with E-state index < -0.39 is 0 Å². The molecule has 0 amide bonds. The average molecular weight is 252 g/mol. The molecule has 1 heterocycles. The predicted octanol–water partition coefficient (Wildman–Crippen LogP) is 2.41. The molecule has 1 N–H and O–H groups in total. The van der Waals surface area contributed by atoms with Gasteiger partial charge < -0.3 is 15.0 Å². The van der Waals surface area contributed by atoms with E-state index in [1.165, 1.54) is 6.07 Å². The van der Waals surface area contributed by atoms with E-state index in [1.54, 1.807) is 12.1 Å². The van der Waals surface area contributed by atoms with Gasteiger partial charge in [0.25, 0.3) is 0 Å². The first-order chi connectivity index (χ1) is 8.66. The van der Waals surface area contributed by atoms with Crippen molar-refractivity contribution in [2.24, 2.45) is 0 Å². The number of rotatable bonds is 3. The van der Waals surface area contributed by atoms with E-state index in [2.05, 4.69) is 10.2 Å². The summed E-state index contributed by atoms with van der Waals surface area (Å²) in [5, 5.41) is 3.35. The Morgan fingerprint density at radius 3 is 2.89 bits per heavy atom. The van der Waals surface area contributed by atoms with Crippen LogP contribution in [-0.2, 0) is 0 Å². The Labute approximate surface area is 108 Å². The summed E-state index contributed by atoms with van der Waals surface area (Å²) in [4.78, 5) is 2.20. The third-order valence-electron chi connectivity index (χ3n) is 2.96. The first kappa shape index (κ1) is 13.1. The van der Waals surface area contributed by atoms with Crippen LogP contribution in [0.4, 0.5) is 10.1 Å². The van der Waals surface area contributed by atoms with E-state index in [9.17, 15) is 4.39 Å². The number of anilines is 1. The predicted molar refractivity (Wildman–Crippen MR) is 71.9 cm³/mol. The number of nitrogens with one attached hydrogen (secondary N) is 1. The van der Waals surface area contributed by atoms with Crippen molar-refractivity contribution in [3.05, 3.63) is 24.0 Å². The van der Waals surface area contributed by atoms with Crippen LogP contribution in [0.1, 0.15) is 20.3 Å². The summed E-state index contributed by atoms with van der Waals surface area (Å²) in [6.45, 7) is 7.74. The summed E-state index contributed by atoms with van der Waals surface area (Å²) in [6, 6.07) is 4.75. The van der Waals surface area contributed by atoms with Crippen LogP contribution in [0.2, 0.25) is 0 Å². The molecule has 4 heteroatoms. The number of nitrogens with zero attached hydrogens (tertiary/aromatic N) is 1. The first-order valence-corrected chi connectivity index (χ1v) is 6.58. The minimum atomic E-state index is -0.210. The van der Waals surface area contributed by atoms with Crippen LogP contribution in [-0.4, -0.2) is 32.3 Å². The molecule has 1 saturated heterocycles. The van der Waals surface area contributed by atoms with Crippen LogP contribution in [0.25, 0.3) is 0 Å². The highest BCUT2D eigenvalue weighted by Crippen LogP contribution is 2.30. The minimum Gasteiger partial charge on any atom is -0.489 e. The van der Waals surface area contributed by atoms with Crippen molar-refractivity contribution in [2.45, 2.75) is 26.4 Å². The van der Waals surface area contributed by atoms with Crippen LogP contribution in [0.5, 0.6) is 5.75 Å². The third kappa shape index (κ3) is 3.35. The van der Waals surface area contributed by atoms with Crippen molar-refractivity contribution < 1.29 is 9.13 Å². The second-order valence-electron chi connectivity index (χ2n) is 4.87. The summed E-state index contributed by atoms with van der Waals surface area (Å²) in [5.74, 6) is 0.562. The quantitative estimate of drug-likeness (QED) is 0.894. The molecule has 0 radical (unpaired) electrons. The molecule has 100 valence electrons. The SMILES string of the molecule is CC(C)Oc1ccc(F)cc1N1CCCNCC1. The van der Waals surface area contributed by atoms with Gasteiger partial charge in [-0.2, -0.15) is 0 Å². The monoisotopic (exact) mass is 252 g/mol. The lowest BCUT2D eigenvalue weighted by Crippen LogP contribution is -2.28. The Kier molecular flexibility index (Phi) is 4.42.